The van der Waals surface area contributed by atoms with Gasteiger partial charge in [0, 0.05) is 9.60 Å². The van der Waals surface area contributed by atoms with E-state index in [0.717, 1.165) is 26.3 Å². The number of hydrogen-bond acceptors (Lipinski definition) is 3. The number of thiol groups is 1. The van der Waals surface area contributed by atoms with Crippen LogP contribution in [0.15, 0.2) is 23.1 Å². The topological polar surface area (TPSA) is 9.23 Å². The van der Waals surface area contributed by atoms with Crippen molar-refractivity contribution in [2.45, 2.75) is 11.8 Å². The molecule has 0 aliphatic rings. The second-order valence-electron chi connectivity index (χ2n) is 2.84. The molecular weight excluding hydrogens is 219 g/mol. The molecule has 0 atom stereocenters. The van der Waals surface area contributed by atoms with Gasteiger partial charge < -0.3 is 4.74 Å². The molecule has 14 heavy (non-hydrogen) atoms. The van der Waals surface area contributed by atoms with Crippen molar-refractivity contribution in [3.8, 4) is 5.75 Å². The van der Waals surface area contributed by atoms with E-state index in [9.17, 15) is 4.39 Å². The molecule has 0 fully saturated rings. The highest BCUT2D eigenvalue weighted by molar-refractivity contribution is 7.80. The predicted molar refractivity (Wildman–Crippen MR) is 60.2 cm³/mol. The minimum atomic E-state index is -0.179. The Labute approximate surface area is 90.9 Å². The first kappa shape index (κ1) is 9.80. The molecule has 0 N–H and O–H groups in total. The Balaban J connectivity index is 2.58. The first-order valence-corrected chi connectivity index (χ1v) is 5.52. The van der Waals surface area contributed by atoms with E-state index >= 15 is 0 Å². The quantitative estimate of drug-likeness (QED) is 0.771. The van der Waals surface area contributed by atoms with Gasteiger partial charge in [-0.1, -0.05) is 0 Å². The second-order valence-corrected chi connectivity index (χ2v) is 4.36. The molecular formula is C10H9FOS2. The van der Waals surface area contributed by atoms with Gasteiger partial charge in [-0.05, 0) is 30.5 Å². The van der Waals surface area contributed by atoms with Crippen LogP contribution in [0.2, 0.25) is 0 Å². The van der Waals surface area contributed by atoms with Crippen molar-refractivity contribution in [2.24, 2.45) is 0 Å². The molecule has 0 saturated carbocycles. The van der Waals surface area contributed by atoms with Crippen LogP contribution in [-0.4, -0.2) is 6.61 Å². The molecule has 1 nitrogen and oxygen atoms in total. The van der Waals surface area contributed by atoms with E-state index in [-0.39, 0.29) is 5.13 Å². The van der Waals surface area contributed by atoms with Crippen LogP contribution in [0.1, 0.15) is 6.92 Å². The van der Waals surface area contributed by atoms with Crippen LogP contribution in [0, 0.1) is 5.13 Å². The van der Waals surface area contributed by atoms with Crippen LogP contribution >= 0.6 is 24.0 Å². The van der Waals surface area contributed by atoms with Gasteiger partial charge in [-0.25, -0.2) is 0 Å². The third kappa shape index (κ3) is 1.72. The Morgan fingerprint density at radius 2 is 2.21 bits per heavy atom. The van der Waals surface area contributed by atoms with Gasteiger partial charge in [0.25, 0.3) is 0 Å². The maximum absolute atomic E-state index is 12.9. The fraction of sp³-hybridized carbons (Fsp3) is 0.200. The second kappa shape index (κ2) is 3.79. The molecule has 0 saturated heterocycles. The summed E-state index contributed by atoms with van der Waals surface area (Å²) in [7, 11) is 0. The zero-order valence-corrected chi connectivity index (χ0v) is 9.29. The Hall–Kier alpha value is -0.740. The molecule has 1 heterocycles. The summed E-state index contributed by atoms with van der Waals surface area (Å²) < 4.78 is 19.2. The van der Waals surface area contributed by atoms with Gasteiger partial charge in [0.1, 0.15) is 5.75 Å². The zero-order chi connectivity index (χ0) is 10.1. The van der Waals surface area contributed by atoms with Crippen molar-refractivity contribution in [2.75, 3.05) is 6.61 Å². The summed E-state index contributed by atoms with van der Waals surface area (Å²) in [5.74, 6) is 0.709. The highest BCUT2D eigenvalue weighted by atomic mass is 32.1. The smallest absolute Gasteiger partial charge is 0.177 e. The molecule has 0 spiro atoms. The minimum absolute atomic E-state index is 0.179. The van der Waals surface area contributed by atoms with Crippen molar-refractivity contribution in [1.29, 1.82) is 0 Å². The van der Waals surface area contributed by atoms with Gasteiger partial charge >= 0.3 is 0 Å². The summed E-state index contributed by atoms with van der Waals surface area (Å²) in [6, 6.07) is 5.16. The summed E-state index contributed by atoms with van der Waals surface area (Å²) in [5.41, 5.74) is 0. The standard InChI is InChI=1S/C10H9FOS2/c1-2-12-7-3-6-4-10(11)14-9(6)5-8(7)13/h3-5,13H,2H2,1H3. The Kier molecular flexibility index (Phi) is 2.65. The average molecular weight is 228 g/mol. The maximum Gasteiger partial charge on any atom is 0.177 e. The number of benzene rings is 1. The molecule has 0 bridgehead atoms. The Morgan fingerprint density at radius 1 is 1.43 bits per heavy atom. The fourth-order valence-electron chi connectivity index (χ4n) is 1.29. The molecule has 0 unspecified atom stereocenters. The lowest BCUT2D eigenvalue weighted by Crippen LogP contribution is -1.91. The first-order chi connectivity index (χ1) is 6.70. The van der Waals surface area contributed by atoms with E-state index in [2.05, 4.69) is 12.6 Å². The van der Waals surface area contributed by atoms with E-state index < -0.39 is 0 Å². The number of fused-ring (bicyclic) bond motifs is 1. The van der Waals surface area contributed by atoms with Crippen molar-refractivity contribution < 1.29 is 9.13 Å². The SMILES string of the molecule is CCOc1cc2cc(F)sc2cc1S. The van der Waals surface area contributed by atoms with Crippen LogP contribution in [0.3, 0.4) is 0 Å². The van der Waals surface area contributed by atoms with Crippen molar-refractivity contribution >= 4 is 34.1 Å². The largest absolute Gasteiger partial charge is 0.493 e. The summed E-state index contributed by atoms with van der Waals surface area (Å²) >= 11 is 5.40. The van der Waals surface area contributed by atoms with Gasteiger partial charge in [-0.3, -0.25) is 0 Å². The summed E-state index contributed by atoms with van der Waals surface area (Å²) in [6.45, 7) is 2.50. The predicted octanol–water partition coefficient (Wildman–Crippen LogP) is 3.73. The normalized spacial score (nSPS) is 10.8. The molecule has 0 amide bonds. The zero-order valence-electron chi connectivity index (χ0n) is 7.58. The van der Waals surface area contributed by atoms with Crippen molar-refractivity contribution in [1.82, 2.24) is 0 Å². The third-order valence-electron chi connectivity index (χ3n) is 1.87. The lowest BCUT2D eigenvalue weighted by atomic mass is 10.2. The number of ether oxygens (including phenoxy) is 1. The van der Waals surface area contributed by atoms with Crippen LogP contribution < -0.4 is 4.74 Å². The molecule has 0 radical (unpaired) electrons. The first-order valence-electron chi connectivity index (χ1n) is 4.25. The minimum Gasteiger partial charge on any atom is -0.493 e. The van der Waals surface area contributed by atoms with Gasteiger partial charge in [-0.2, -0.15) is 4.39 Å². The summed E-state index contributed by atoms with van der Waals surface area (Å²) in [5, 5.41) is 0.690. The summed E-state index contributed by atoms with van der Waals surface area (Å²) in [4.78, 5) is 0.751. The fourth-order valence-corrected chi connectivity index (χ4v) is 2.45. The van der Waals surface area contributed by atoms with E-state index in [1.54, 1.807) is 0 Å². The van der Waals surface area contributed by atoms with E-state index in [4.69, 9.17) is 4.74 Å². The molecule has 1 aromatic carbocycles. The van der Waals surface area contributed by atoms with E-state index in [1.807, 2.05) is 19.1 Å². The Morgan fingerprint density at radius 3 is 2.93 bits per heavy atom. The molecule has 0 aliphatic heterocycles. The Bertz CT molecular complexity index is 464. The van der Waals surface area contributed by atoms with E-state index in [1.165, 1.54) is 6.07 Å². The number of hydrogen-bond donors (Lipinski definition) is 1. The molecule has 0 aliphatic carbocycles. The molecule has 4 heteroatoms. The van der Waals surface area contributed by atoms with Crippen LogP contribution in [0.4, 0.5) is 4.39 Å². The van der Waals surface area contributed by atoms with Crippen molar-refractivity contribution in [3.05, 3.63) is 23.3 Å². The van der Waals surface area contributed by atoms with Crippen LogP contribution in [-0.2, 0) is 0 Å². The average Bonchev–Trinajstić information content (AvgIpc) is 2.45. The van der Waals surface area contributed by atoms with Gasteiger partial charge in [0.2, 0.25) is 0 Å². The van der Waals surface area contributed by atoms with Gasteiger partial charge in [-0.15, -0.1) is 24.0 Å². The van der Waals surface area contributed by atoms with Gasteiger partial charge in [0.15, 0.2) is 5.13 Å². The van der Waals surface area contributed by atoms with Gasteiger partial charge in [0.05, 0.1) is 6.61 Å². The molecule has 74 valence electrons. The van der Waals surface area contributed by atoms with Crippen LogP contribution in [0.5, 0.6) is 5.75 Å². The highest BCUT2D eigenvalue weighted by Crippen LogP contribution is 2.33. The van der Waals surface area contributed by atoms with E-state index in [0.29, 0.717) is 12.4 Å². The number of halogens is 1. The number of thiophene rings is 1. The highest BCUT2D eigenvalue weighted by Gasteiger charge is 2.06. The monoisotopic (exact) mass is 228 g/mol. The molecule has 2 rings (SSSR count). The molecule has 1 aromatic heterocycles. The lowest BCUT2D eigenvalue weighted by Gasteiger charge is -2.05. The van der Waals surface area contributed by atoms with Crippen molar-refractivity contribution in [3.63, 3.8) is 0 Å². The van der Waals surface area contributed by atoms with Crippen LogP contribution in [0.25, 0.3) is 10.1 Å². The maximum atomic E-state index is 12.9. The lowest BCUT2D eigenvalue weighted by molar-refractivity contribution is 0.333. The third-order valence-corrected chi connectivity index (χ3v) is 3.10. The number of rotatable bonds is 2. The molecule has 2 aromatic rings. The summed E-state index contributed by atoms with van der Waals surface area (Å²) in [6.07, 6.45) is 0.